The average molecular weight is 251 g/mol. The predicted molar refractivity (Wildman–Crippen MR) is 67.3 cm³/mol. The highest BCUT2D eigenvalue weighted by Gasteiger charge is 2.16. The minimum absolute atomic E-state index is 0.469. The quantitative estimate of drug-likeness (QED) is 0.846. The SMILES string of the molecule is CC(C)(C)OC(=O)Nc1cc2scnc2cn1. The van der Waals surface area contributed by atoms with Crippen molar-refractivity contribution in [3.8, 4) is 0 Å². The van der Waals surface area contributed by atoms with Gasteiger partial charge in [-0.1, -0.05) is 0 Å². The van der Waals surface area contributed by atoms with Crippen LogP contribution >= 0.6 is 11.3 Å². The molecule has 0 unspecified atom stereocenters. The van der Waals surface area contributed by atoms with E-state index in [1.54, 1.807) is 17.8 Å². The van der Waals surface area contributed by atoms with E-state index in [-0.39, 0.29) is 0 Å². The zero-order valence-electron chi connectivity index (χ0n) is 9.85. The first-order valence-electron chi connectivity index (χ1n) is 5.13. The van der Waals surface area contributed by atoms with Gasteiger partial charge in [0.05, 0.1) is 21.9 Å². The average Bonchev–Trinajstić information content (AvgIpc) is 2.61. The van der Waals surface area contributed by atoms with Gasteiger partial charge >= 0.3 is 6.09 Å². The molecule has 2 rings (SSSR count). The Morgan fingerprint density at radius 3 is 2.88 bits per heavy atom. The molecule has 0 radical (unpaired) electrons. The van der Waals surface area contributed by atoms with Crippen LogP contribution in [-0.2, 0) is 4.74 Å². The Hall–Kier alpha value is -1.69. The maximum absolute atomic E-state index is 11.5. The zero-order chi connectivity index (χ0) is 12.5. The number of aromatic nitrogens is 2. The summed E-state index contributed by atoms with van der Waals surface area (Å²) in [5.74, 6) is 0.469. The summed E-state index contributed by atoms with van der Waals surface area (Å²) in [5, 5.41) is 2.59. The summed E-state index contributed by atoms with van der Waals surface area (Å²) in [6, 6.07) is 1.77. The van der Waals surface area contributed by atoms with E-state index < -0.39 is 11.7 Å². The molecule has 5 nitrogen and oxygen atoms in total. The summed E-state index contributed by atoms with van der Waals surface area (Å²) < 4.78 is 6.11. The van der Waals surface area contributed by atoms with Crippen molar-refractivity contribution in [2.75, 3.05) is 5.32 Å². The Labute approximate surface area is 103 Å². The number of ether oxygens (including phenoxy) is 1. The van der Waals surface area contributed by atoms with Crippen LogP contribution in [0.2, 0.25) is 0 Å². The molecule has 17 heavy (non-hydrogen) atoms. The Balaban J connectivity index is 2.10. The van der Waals surface area contributed by atoms with Crippen LogP contribution in [0.15, 0.2) is 17.8 Å². The zero-order valence-corrected chi connectivity index (χ0v) is 10.7. The summed E-state index contributed by atoms with van der Waals surface area (Å²) >= 11 is 1.50. The van der Waals surface area contributed by atoms with E-state index in [1.807, 2.05) is 20.8 Å². The number of nitrogens with one attached hydrogen (secondary N) is 1. The van der Waals surface area contributed by atoms with Gasteiger partial charge in [-0.15, -0.1) is 11.3 Å². The monoisotopic (exact) mass is 251 g/mol. The number of carbonyl (C=O) groups excluding carboxylic acids is 1. The van der Waals surface area contributed by atoms with E-state index in [1.165, 1.54) is 11.3 Å². The molecule has 0 saturated carbocycles. The number of amides is 1. The summed E-state index contributed by atoms with van der Waals surface area (Å²) in [6.07, 6.45) is 1.12. The minimum atomic E-state index is -0.515. The lowest BCUT2D eigenvalue weighted by molar-refractivity contribution is 0.0635. The molecule has 1 N–H and O–H groups in total. The Morgan fingerprint density at radius 2 is 2.18 bits per heavy atom. The number of hydrogen-bond acceptors (Lipinski definition) is 5. The molecule has 0 saturated heterocycles. The third kappa shape index (κ3) is 3.13. The summed E-state index contributed by atoms with van der Waals surface area (Å²) in [7, 11) is 0. The van der Waals surface area contributed by atoms with Crippen LogP contribution in [0.25, 0.3) is 10.2 Å². The van der Waals surface area contributed by atoms with Crippen LogP contribution in [0.1, 0.15) is 20.8 Å². The summed E-state index contributed by atoms with van der Waals surface area (Å²) in [4.78, 5) is 19.7. The van der Waals surface area contributed by atoms with Crippen molar-refractivity contribution in [3.05, 3.63) is 17.8 Å². The van der Waals surface area contributed by atoms with Crippen molar-refractivity contribution in [1.82, 2.24) is 9.97 Å². The van der Waals surface area contributed by atoms with Gasteiger partial charge in [0, 0.05) is 6.07 Å². The molecule has 0 aliphatic heterocycles. The molecule has 0 aliphatic rings. The molecule has 2 aromatic heterocycles. The molecule has 1 amide bonds. The van der Waals surface area contributed by atoms with Gasteiger partial charge in [0.1, 0.15) is 11.4 Å². The number of hydrogen-bond donors (Lipinski definition) is 1. The van der Waals surface area contributed by atoms with E-state index in [0.717, 1.165) is 10.2 Å². The highest BCUT2D eigenvalue weighted by molar-refractivity contribution is 7.16. The Bertz CT molecular complexity index is 545. The molecule has 90 valence electrons. The van der Waals surface area contributed by atoms with Gasteiger partial charge in [-0.2, -0.15) is 0 Å². The second-order valence-electron chi connectivity index (χ2n) is 4.52. The molecular formula is C11H13N3O2S. The third-order valence-electron chi connectivity index (χ3n) is 1.85. The van der Waals surface area contributed by atoms with E-state index in [9.17, 15) is 4.79 Å². The van der Waals surface area contributed by atoms with E-state index in [2.05, 4.69) is 15.3 Å². The molecule has 0 aliphatic carbocycles. The largest absolute Gasteiger partial charge is 0.444 e. The lowest BCUT2D eigenvalue weighted by Crippen LogP contribution is -2.27. The summed E-state index contributed by atoms with van der Waals surface area (Å²) in [5.41, 5.74) is 2.05. The number of pyridine rings is 1. The Kier molecular flexibility index (Phi) is 2.97. The fourth-order valence-electron chi connectivity index (χ4n) is 1.24. The number of anilines is 1. The fraction of sp³-hybridized carbons (Fsp3) is 0.364. The first-order chi connectivity index (χ1) is 7.94. The molecule has 6 heteroatoms. The number of thiazole rings is 1. The van der Waals surface area contributed by atoms with Crippen LogP contribution in [0.5, 0.6) is 0 Å². The number of fused-ring (bicyclic) bond motifs is 1. The smallest absolute Gasteiger partial charge is 0.413 e. The first-order valence-corrected chi connectivity index (χ1v) is 6.01. The third-order valence-corrected chi connectivity index (χ3v) is 2.64. The van der Waals surface area contributed by atoms with Gasteiger partial charge in [-0.25, -0.2) is 14.8 Å². The van der Waals surface area contributed by atoms with Gasteiger partial charge < -0.3 is 4.74 Å². The normalized spacial score (nSPS) is 11.5. The standard InChI is InChI=1S/C11H13N3O2S/c1-11(2,3)16-10(15)14-9-4-8-7(5-12-9)13-6-17-8/h4-6H,1-3H3,(H,12,14,15). The molecule has 0 bridgehead atoms. The fourth-order valence-corrected chi connectivity index (χ4v) is 1.92. The van der Waals surface area contributed by atoms with Crippen molar-refractivity contribution in [2.45, 2.75) is 26.4 Å². The molecule has 2 aromatic rings. The van der Waals surface area contributed by atoms with Gasteiger partial charge in [-0.05, 0) is 20.8 Å². The first kappa shape index (κ1) is 11.8. The van der Waals surface area contributed by atoms with Crippen molar-refractivity contribution in [1.29, 1.82) is 0 Å². The highest BCUT2D eigenvalue weighted by atomic mass is 32.1. The molecule has 0 atom stereocenters. The van der Waals surface area contributed by atoms with Crippen LogP contribution in [0.3, 0.4) is 0 Å². The van der Waals surface area contributed by atoms with Crippen LogP contribution in [-0.4, -0.2) is 21.7 Å². The van der Waals surface area contributed by atoms with Crippen LogP contribution < -0.4 is 5.32 Å². The second kappa shape index (κ2) is 4.29. The van der Waals surface area contributed by atoms with Gasteiger partial charge in [0.25, 0.3) is 0 Å². The van der Waals surface area contributed by atoms with Crippen molar-refractivity contribution >= 4 is 33.5 Å². The number of carbonyl (C=O) groups is 1. The highest BCUT2D eigenvalue weighted by Crippen LogP contribution is 2.19. The maximum Gasteiger partial charge on any atom is 0.413 e. The van der Waals surface area contributed by atoms with Crippen molar-refractivity contribution < 1.29 is 9.53 Å². The van der Waals surface area contributed by atoms with Gasteiger partial charge in [-0.3, -0.25) is 5.32 Å². The summed E-state index contributed by atoms with van der Waals surface area (Å²) in [6.45, 7) is 5.44. The van der Waals surface area contributed by atoms with Gasteiger partial charge in [0.15, 0.2) is 0 Å². The lowest BCUT2D eigenvalue weighted by Gasteiger charge is -2.19. The molecule has 0 aromatic carbocycles. The molecule has 0 fully saturated rings. The van der Waals surface area contributed by atoms with E-state index in [0.29, 0.717) is 5.82 Å². The molecule has 0 spiro atoms. The van der Waals surface area contributed by atoms with Gasteiger partial charge in [0.2, 0.25) is 0 Å². The molecule has 2 heterocycles. The predicted octanol–water partition coefficient (Wildman–Crippen LogP) is 3.04. The minimum Gasteiger partial charge on any atom is -0.444 e. The maximum atomic E-state index is 11.5. The molecular weight excluding hydrogens is 238 g/mol. The Morgan fingerprint density at radius 1 is 1.41 bits per heavy atom. The van der Waals surface area contributed by atoms with Crippen LogP contribution in [0.4, 0.5) is 10.6 Å². The van der Waals surface area contributed by atoms with E-state index >= 15 is 0 Å². The topological polar surface area (TPSA) is 64.1 Å². The van der Waals surface area contributed by atoms with Crippen LogP contribution in [0, 0.1) is 0 Å². The lowest BCUT2D eigenvalue weighted by atomic mass is 10.2. The number of rotatable bonds is 1. The van der Waals surface area contributed by atoms with Crippen molar-refractivity contribution in [2.24, 2.45) is 0 Å². The second-order valence-corrected chi connectivity index (χ2v) is 5.40. The van der Waals surface area contributed by atoms with Crippen molar-refractivity contribution in [3.63, 3.8) is 0 Å². The number of nitrogens with zero attached hydrogens (tertiary/aromatic N) is 2. The van der Waals surface area contributed by atoms with E-state index in [4.69, 9.17) is 4.74 Å².